The second-order valence-corrected chi connectivity index (χ2v) is 4.52. The Kier molecular flexibility index (Phi) is 4.54. The van der Waals surface area contributed by atoms with E-state index in [2.05, 4.69) is 24.1 Å². The summed E-state index contributed by atoms with van der Waals surface area (Å²) in [5.74, 6) is 0.246. The maximum absolute atomic E-state index is 12.1. The minimum atomic E-state index is 0.00231. The molecule has 0 aromatic carbocycles. The van der Waals surface area contributed by atoms with Crippen molar-refractivity contribution in [2.75, 3.05) is 33.7 Å². The van der Waals surface area contributed by atoms with Crippen LogP contribution >= 0.6 is 0 Å². The van der Waals surface area contributed by atoms with E-state index in [9.17, 15) is 4.79 Å². The predicted octanol–water partition coefficient (Wildman–Crippen LogP) is 0.147. The molecule has 1 fully saturated rings. The third-order valence-electron chi connectivity index (χ3n) is 3.03. The SMILES string of the molecule is CNCC1C(=O)N(C)CCCN1C(C)C. The second kappa shape index (κ2) is 5.47. The van der Waals surface area contributed by atoms with E-state index < -0.39 is 0 Å². The van der Waals surface area contributed by atoms with Gasteiger partial charge in [-0.2, -0.15) is 0 Å². The van der Waals surface area contributed by atoms with E-state index in [0.29, 0.717) is 6.04 Å². The molecule has 0 aliphatic carbocycles. The minimum Gasteiger partial charge on any atom is -0.344 e. The first kappa shape index (κ1) is 12.5. The predicted molar refractivity (Wildman–Crippen MR) is 61.8 cm³/mol. The number of hydrogen-bond acceptors (Lipinski definition) is 3. The number of carbonyl (C=O) groups excluding carboxylic acids is 1. The lowest BCUT2D eigenvalue weighted by Gasteiger charge is -2.32. The molecule has 0 aromatic rings. The van der Waals surface area contributed by atoms with E-state index in [1.54, 1.807) is 0 Å². The number of amides is 1. The molecule has 88 valence electrons. The molecular weight excluding hydrogens is 190 g/mol. The van der Waals surface area contributed by atoms with Crippen molar-refractivity contribution in [3.63, 3.8) is 0 Å². The molecule has 1 aliphatic heterocycles. The van der Waals surface area contributed by atoms with E-state index in [0.717, 1.165) is 26.1 Å². The number of likely N-dealkylation sites (N-methyl/N-ethyl adjacent to an activating group) is 2. The van der Waals surface area contributed by atoms with Crippen LogP contribution in [0, 0.1) is 0 Å². The number of nitrogens with zero attached hydrogens (tertiary/aromatic N) is 2. The largest absolute Gasteiger partial charge is 0.344 e. The number of nitrogens with one attached hydrogen (secondary N) is 1. The lowest BCUT2D eigenvalue weighted by atomic mass is 10.1. The van der Waals surface area contributed by atoms with Gasteiger partial charge in [0.1, 0.15) is 6.04 Å². The third kappa shape index (κ3) is 2.92. The lowest BCUT2D eigenvalue weighted by Crippen LogP contribution is -2.52. The maximum Gasteiger partial charge on any atom is 0.240 e. The smallest absolute Gasteiger partial charge is 0.240 e. The van der Waals surface area contributed by atoms with Crippen LogP contribution in [0.15, 0.2) is 0 Å². The standard InChI is InChI=1S/C11H23N3O/c1-9(2)14-7-5-6-13(4)11(15)10(14)8-12-3/h9-10,12H,5-8H2,1-4H3. The Morgan fingerprint density at radius 3 is 2.67 bits per heavy atom. The average molecular weight is 213 g/mol. The molecule has 0 spiro atoms. The Balaban J connectivity index is 2.80. The van der Waals surface area contributed by atoms with Gasteiger partial charge in [-0.1, -0.05) is 0 Å². The lowest BCUT2D eigenvalue weighted by molar-refractivity contribution is -0.134. The van der Waals surface area contributed by atoms with Gasteiger partial charge in [0, 0.05) is 32.7 Å². The number of carbonyl (C=O) groups is 1. The Morgan fingerprint density at radius 1 is 1.47 bits per heavy atom. The summed E-state index contributed by atoms with van der Waals surface area (Å²) in [4.78, 5) is 16.2. The Labute approximate surface area is 92.6 Å². The molecule has 1 unspecified atom stereocenters. The van der Waals surface area contributed by atoms with Crippen LogP contribution in [-0.2, 0) is 4.79 Å². The van der Waals surface area contributed by atoms with Gasteiger partial charge in [-0.15, -0.1) is 0 Å². The monoisotopic (exact) mass is 213 g/mol. The molecule has 1 heterocycles. The maximum atomic E-state index is 12.1. The molecule has 4 nitrogen and oxygen atoms in total. The van der Waals surface area contributed by atoms with E-state index in [4.69, 9.17) is 0 Å². The quantitative estimate of drug-likeness (QED) is 0.725. The first-order chi connectivity index (χ1) is 7.07. The highest BCUT2D eigenvalue weighted by molar-refractivity contribution is 5.82. The van der Waals surface area contributed by atoms with Crippen LogP contribution < -0.4 is 5.32 Å². The average Bonchev–Trinajstić information content (AvgIpc) is 2.31. The summed E-state index contributed by atoms with van der Waals surface area (Å²) in [7, 11) is 3.80. The molecule has 1 saturated heterocycles. The van der Waals surface area contributed by atoms with E-state index in [1.165, 1.54) is 0 Å². The first-order valence-electron chi connectivity index (χ1n) is 5.73. The second-order valence-electron chi connectivity index (χ2n) is 4.52. The zero-order chi connectivity index (χ0) is 11.4. The van der Waals surface area contributed by atoms with Gasteiger partial charge in [0.25, 0.3) is 0 Å². The Bertz CT molecular complexity index is 218. The van der Waals surface area contributed by atoms with Crippen molar-refractivity contribution in [2.45, 2.75) is 32.4 Å². The highest BCUT2D eigenvalue weighted by Gasteiger charge is 2.31. The molecule has 0 radical (unpaired) electrons. The Hall–Kier alpha value is -0.610. The molecule has 0 aromatic heterocycles. The van der Waals surface area contributed by atoms with Crippen LogP contribution in [0.4, 0.5) is 0 Å². The topological polar surface area (TPSA) is 35.6 Å². The van der Waals surface area contributed by atoms with Gasteiger partial charge in [0.2, 0.25) is 5.91 Å². The summed E-state index contributed by atoms with van der Waals surface area (Å²) in [5, 5.41) is 3.11. The van der Waals surface area contributed by atoms with Crippen molar-refractivity contribution >= 4 is 5.91 Å². The summed E-state index contributed by atoms with van der Waals surface area (Å²) in [6, 6.07) is 0.432. The van der Waals surface area contributed by atoms with Crippen molar-refractivity contribution in [1.29, 1.82) is 0 Å². The molecule has 15 heavy (non-hydrogen) atoms. The van der Waals surface area contributed by atoms with Gasteiger partial charge in [0.05, 0.1) is 0 Å². The first-order valence-corrected chi connectivity index (χ1v) is 5.73. The molecule has 1 rings (SSSR count). The van der Waals surface area contributed by atoms with E-state index in [-0.39, 0.29) is 11.9 Å². The third-order valence-corrected chi connectivity index (χ3v) is 3.03. The van der Waals surface area contributed by atoms with Crippen LogP contribution in [0.25, 0.3) is 0 Å². The fraction of sp³-hybridized carbons (Fsp3) is 0.909. The van der Waals surface area contributed by atoms with Crippen LogP contribution in [-0.4, -0.2) is 61.5 Å². The highest BCUT2D eigenvalue weighted by Crippen LogP contribution is 2.13. The van der Waals surface area contributed by atoms with Crippen molar-refractivity contribution < 1.29 is 4.79 Å². The molecule has 1 aliphatic rings. The molecule has 1 atom stereocenters. The van der Waals surface area contributed by atoms with Crippen LogP contribution in [0.2, 0.25) is 0 Å². The Morgan fingerprint density at radius 2 is 2.13 bits per heavy atom. The fourth-order valence-corrected chi connectivity index (χ4v) is 2.17. The van der Waals surface area contributed by atoms with Gasteiger partial charge < -0.3 is 10.2 Å². The zero-order valence-electron chi connectivity index (χ0n) is 10.3. The van der Waals surface area contributed by atoms with E-state index >= 15 is 0 Å². The minimum absolute atomic E-state index is 0.00231. The summed E-state index contributed by atoms with van der Waals surface area (Å²) in [6.45, 7) is 6.94. The highest BCUT2D eigenvalue weighted by atomic mass is 16.2. The van der Waals surface area contributed by atoms with Crippen molar-refractivity contribution in [3.8, 4) is 0 Å². The normalized spacial score (nSPS) is 24.7. The van der Waals surface area contributed by atoms with Gasteiger partial charge >= 0.3 is 0 Å². The summed E-state index contributed by atoms with van der Waals surface area (Å²) < 4.78 is 0. The fourth-order valence-electron chi connectivity index (χ4n) is 2.17. The van der Waals surface area contributed by atoms with Crippen molar-refractivity contribution in [3.05, 3.63) is 0 Å². The van der Waals surface area contributed by atoms with Gasteiger partial charge in [-0.3, -0.25) is 9.69 Å². The summed E-state index contributed by atoms with van der Waals surface area (Å²) in [6.07, 6.45) is 1.07. The van der Waals surface area contributed by atoms with Gasteiger partial charge in [0.15, 0.2) is 0 Å². The van der Waals surface area contributed by atoms with Crippen molar-refractivity contribution in [2.24, 2.45) is 0 Å². The van der Waals surface area contributed by atoms with Crippen LogP contribution in [0.5, 0.6) is 0 Å². The van der Waals surface area contributed by atoms with E-state index in [1.807, 2.05) is 19.0 Å². The zero-order valence-corrected chi connectivity index (χ0v) is 10.3. The number of hydrogen-bond donors (Lipinski definition) is 1. The van der Waals surface area contributed by atoms with Gasteiger partial charge in [-0.25, -0.2) is 0 Å². The molecular formula is C11H23N3O. The van der Waals surface area contributed by atoms with Crippen LogP contribution in [0.3, 0.4) is 0 Å². The van der Waals surface area contributed by atoms with Crippen molar-refractivity contribution in [1.82, 2.24) is 15.1 Å². The molecule has 1 N–H and O–H groups in total. The molecule has 1 amide bonds. The molecule has 4 heteroatoms. The molecule has 0 saturated carbocycles. The van der Waals surface area contributed by atoms with Crippen LogP contribution in [0.1, 0.15) is 20.3 Å². The molecule has 0 bridgehead atoms. The summed E-state index contributed by atoms with van der Waals surface area (Å²) in [5.41, 5.74) is 0. The number of rotatable bonds is 3. The summed E-state index contributed by atoms with van der Waals surface area (Å²) >= 11 is 0. The van der Waals surface area contributed by atoms with Gasteiger partial charge in [-0.05, 0) is 27.3 Å².